The lowest BCUT2D eigenvalue weighted by molar-refractivity contribution is 0.0727. The van der Waals surface area contributed by atoms with Gasteiger partial charge in [-0.3, -0.25) is 4.79 Å². The van der Waals surface area contributed by atoms with Gasteiger partial charge in [0.2, 0.25) is 0 Å². The number of rotatable bonds is 2. The number of carbonyl (C=O) groups is 1. The van der Waals surface area contributed by atoms with Crippen molar-refractivity contribution in [1.82, 2.24) is 5.32 Å². The molecule has 20 heavy (non-hydrogen) atoms. The van der Waals surface area contributed by atoms with Gasteiger partial charge in [0.15, 0.2) is 0 Å². The van der Waals surface area contributed by atoms with Crippen molar-refractivity contribution in [1.29, 1.82) is 0 Å². The van der Waals surface area contributed by atoms with Crippen LogP contribution in [-0.2, 0) is 11.2 Å². The molecule has 1 saturated heterocycles. The molecule has 1 aromatic rings. The number of benzene rings is 1. The molecule has 2 N–H and O–H groups in total. The minimum atomic E-state index is -0.262. The zero-order chi connectivity index (χ0) is 14.2. The molecule has 2 unspecified atom stereocenters. The maximum absolute atomic E-state index is 12.6. The van der Waals surface area contributed by atoms with Gasteiger partial charge in [-0.05, 0) is 50.8 Å². The lowest BCUT2D eigenvalue weighted by Crippen LogP contribution is -2.50. The Bertz CT molecular complexity index is 529. The van der Waals surface area contributed by atoms with Gasteiger partial charge in [0.1, 0.15) is 0 Å². The molecule has 1 amide bonds. The quantitative estimate of drug-likeness (QED) is 0.870. The van der Waals surface area contributed by atoms with Gasteiger partial charge in [0.05, 0.1) is 11.6 Å². The minimum Gasteiger partial charge on any atom is -0.385 e. The van der Waals surface area contributed by atoms with Crippen LogP contribution in [0.5, 0.6) is 0 Å². The molecule has 0 radical (unpaired) electrons. The third kappa shape index (κ3) is 2.29. The fraction of sp³-hybridized carbons (Fsp3) is 0.562. The molecule has 2 atom stereocenters. The van der Waals surface area contributed by atoms with E-state index in [1.54, 1.807) is 0 Å². The van der Waals surface area contributed by atoms with E-state index in [1.807, 2.05) is 25.1 Å². The summed E-state index contributed by atoms with van der Waals surface area (Å²) in [5.41, 5.74) is 2.79. The molecule has 2 heterocycles. The highest BCUT2D eigenvalue weighted by atomic mass is 16.5. The van der Waals surface area contributed by atoms with Crippen molar-refractivity contribution in [2.75, 3.05) is 18.5 Å². The van der Waals surface area contributed by atoms with Gasteiger partial charge in [-0.15, -0.1) is 0 Å². The van der Waals surface area contributed by atoms with Crippen molar-refractivity contribution in [3.05, 3.63) is 29.3 Å². The van der Waals surface area contributed by atoms with Crippen molar-refractivity contribution < 1.29 is 9.53 Å². The fourth-order valence-corrected chi connectivity index (χ4v) is 3.05. The van der Waals surface area contributed by atoms with Gasteiger partial charge >= 0.3 is 0 Å². The summed E-state index contributed by atoms with van der Waals surface area (Å²) in [5.74, 6) is 0.0189. The molecule has 0 saturated carbocycles. The van der Waals surface area contributed by atoms with Crippen molar-refractivity contribution in [2.24, 2.45) is 0 Å². The summed E-state index contributed by atoms with van der Waals surface area (Å²) in [4.78, 5) is 12.6. The second-order valence-electron chi connectivity index (χ2n) is 6.00. The van der Waals surface area contributed by atoms with E-state index in [1.165, 1.54) is 0 Å². The second kappa shape index (κ2) is 5.09. The predicted octanol–water partition coefficient (Wildman–Crippen LogP) is 2.34. The van der Waals surface area contributed by atoms with Crippen LogP contribution in [-0.4, -0.2) is 30.7 Å². The summed E-state index contributed by atoms with van der Waals surface area (Å²) in [7, 11) is 0. The van der Waals surface area contributed by atoms with Crippen LogP contribution in [0.15, 0.2) is 18.2 Å². The van der Waals surface area contributed by atoms with Crippen LogP contribution in [0.1, 0.15) is 42.6 Å². The van der Waals surface area contributed by atoms with E-state index in [2.05, 4.69) is 17.6 Å². The lowest BCUT2D eigenvalue weighted by atomic mass is 9.92. The van der Waals surface area contributed by atoms with Gasteiger partial charge in [-0.2, -0.15) is 0 Å². The van der Waals surface area contributed by atoms with Crippen LogP contribution in [0.2, 0.25) is 0 Å². The molecule has 0 aromatic heterocycles. The summed E-state index contributed by atoms with van der Waals surface area (Å²) in [6, 6.07) is 5.92. The Morgan fingerprint density at radius 3 is 3.10 bits per heavy atom. The highest BCUT2D eigenvalue weighted by Gasteiger charge is 2.38. The van der Waals surface area contributed by atoms with Crippen LogP contribution in [0.25, 0.3) is 0 Å². The van der Waals surface area contributed by atoms with Gasteiger partial charge in [0, 0.05) is 24.4 Å². The van der Waals surface area contributed by atoms with Crippen LogP contribution < -0.4 is 10.6 Å². The van der Waals surface area contributed by atoms with Gasteiger partial charge in [0.25, 0.3) is 5.91 Å². The van der Waals surface area contributed by atoms with Crippen LogP contribution >= 0.6 is 0 Å². The Balaban J connectivity index is 1.84. The lowest BCUT2D eigenvalue weighted by Gasteiger charge is -2.30. The Morgan fingerprint density at radius 2 is 2.35 bits per heavy atom. The second-order valence-corrected chi connectivity index (χ2v) is 6.00. The molecule has 108 valence electrons. The summed E-state index contributed by atoms with van der Waals surface area (Å²) >= 11 is 0. The highest BCUT2D eigenvalue weighted by Crippen LogP contribution is 2.28. The molecule has 4 heteroatoms. The standard InChI is InChI=1S/C16H22N2O2/c1-11-16(2,8-10-20-11)18-15(19)13-5-3-7-14-12(13)6-4-9-17-14/h3,5,7,11,17H,4,6,8-10H2,1-2H3,(H,18,19). The van der Waals surface area contributed by atoms with Gasteiger partial charge < -0.3 is 15.4 Å². The number of fused-ring (bicyclic) bond motifs is 1. The first kappa shape index (κ1) is 13.4. The normalized spacial score (nSPS) is 28.6. The predicted molar refractivity (Wildman–Crippen MR) is 79.2 cm³/mol. The Kier molecular flexibility index (Phi) is 3.42. The number of hydrogen-bond donors (Lipinski definition) is 2. The van der Waals surface area contributed by atoms with Crippen molar-refractivity contribution in [2.45, 2.75) is 44.8 Å². The zero-order valence-electron chi connectivity index (χ0n) is 12.2. The number of anilines is 1. The van der Waals surface area contributed by atoms with Crippen molar-refractivity contribution in [3.8, 4) is 0 Å². The molecule has 1 aromatic carbocycles. The number of carbonyl (C=O) groups excluding carboxylic acids is 1. The maximum atomic E-state index is 12.6. The summed E-state index contributed by atoms with van der Waals surface area (Å²) in [5, 5.41) is 6.54. The third-order valence-corrected chi connectivity index (χ3v) is 4.63. The molecular formula is C16H22N2O2. The molecule has 0 aliphatic carbocycles. The van der Waals surface area contributed by atoms with E-state index >= 15 is 0 Å². The van der Waals surface area contributed by atoms with Crippen LogP contribution in [0.4, 0.5) is 5.69 Å². The summed E-state index contributed by atoms with van der Waals surface area (Å²) in [6.07, 6.45) is 2.97. The van der Waals surface area contributed by atoms with Crippen molar-refractivity contribution in [3.63, 3.8) is 0 Å². The first-order valence-electron chi connectivity index (χ1n) is 7.40. The maximum Gasteiger partial charge on any atom is 0.252 e. The van der Waals surface area contributed by atoms with Gasteiger partial charge in [-0.25, -0.2) is 0 Å². The third-order valence-electron chi connectivity index (χ3n) is 4.63. The number of nitrogens with one attached hydrogen (secondary N) is 2. The molecule has 1 fully saturated rings. The Morgan fingerprint density at radius 1 is 1.50 bits per heavy atom. The van der Waals surface area contributed by atoms with Crippen LogP contribution in [0.3, 0.4) is 0 Å². The molecule has 0 bridgehead atoms. The van der Waals surface area contributed by atoms with E-state index in [0.717, 1.165) is 42.6 Å². The Labute approximate surface area is 119 Å². The first-order valence-corrected chi connectivity index (χ1v) is 7.40. The van der Waals surface area contributed by atoms with E-state index in [0.29, 0.717) is 6.61 Å². The Hall–Kier alpha value is -1.55. The molecular weight excluding hydrogens is 252 g/mol. The average Bonchev–Trinajstić information content (AvgIpc) is 2.77. The number of amides is 1. The van der Waals surface area contributed by atoms with E-state index in [9.17, 15) is 4.79 Å². The zero-order valence-corrected chi connectivity index (χ0v) is 12.2. The fourth-order valence-electron chi connectivity index (χ4n) is 3.05. The van der Waals surface area contributed by atoms with E-state index in [4.69, 9.17) is 4.74 Å². The molecule has 2 aliphatic heterocycles. The van der Waals surface area contributed by atoms with E-state index < -0.39 is 0 Å². The topological polar surface area (TPSA) is 50.4 Å². The summed E-state index contributed by atoms with van der Waals surface area (Å²) in [6.45, 7) is 5.79. The molecule has 2 aliphatic rings. The molecule has 0 spiro atoms. The highest BCUT2D eigenvalue weighted by molar-refractivity contribution is 5.97. The smallest absolute Gasteiger partial charge is 0.252 e. The SMILES string of the molecule is CC1OCCC1(C)NC(=O)c1cccc2c1CCCN2. The molecule has 4 nitrogen and oxygen atoms in total. The summed E-state index contributed by atoms with van der Waals surface area (Å²) < 4.78 is 5.59. The minimum absolute atomic E-state index is 0.0189. The first-order chi connectivity index (χ1) is 9.60. The van der Waals surface area contributed by atoms with Crippen LogP contribution in [0, 0.1) is 0 Å². The monoisotopic (exact) mass is 274 g/mol. The average molecular weight is 274 g/mol. The van der Waals surface area contributed by atoms with Crippen molar-refractivity contribution >= 4 is 11.6 Å². The molecule has 3 rings (SSSR count). The van der Waals surface area contributed by atoms with E-state index in [-0.39, 0.29) is 17.6 Å². The largest absolute Gasteiger partial charge is 0.385 e. The number of ether oxygens (including phenoxy) is 1. The number of hydrogen-bond acceptors (Lipinski definition) is 3. The van der Waals surface area contributed by atoms with Gasteiger partial charge in [-0.1, -0.05) is 6.07 Å².